The summed E-state index contributed by atoms with van der Waals surface area (Å²) in [5.74, 6) is -0.812. The molecule has 3 nitrogen and oxygen atoms in total. The van der Waals surface area contributed by atoms with E-state index in [0.29, 0.717) is 0 Å². The molecule has 1 rings (SSSR count). The molecule has 0 fully saturated rings. The van der Waals surface area contributed by atoms with E-state index < -0.39 is 18.3 Å². The number of alkyl halides is 2. The van der Waals surface area contributed by atoms with Crippen LogP contribution in [0.25, 0.3) is 0 Å². The number of halogens is 3. The van der Waals surface area contributed by atoms with Gasteiger partial charge in [0.05, 0.1) is 5.69 Å². The number of nitrogens with two attached hydrogens (primary N) is 1. The molecule has 6 heteroatoms. The first-order valence-electron chi connectivity index (χ1n) is 3.64. The maximum Gasteiger partial charge on any atom is 0.316 e. The Morgan fingerprint density at radius 1 is 1.43 bits per heavy atom. The predicted octanol–water partition coefficient (Wildman–Crippen LogP) is 2.25. The number of anilines is 1. The van der Waals surface area contributed by atoms with E-state index in [-0.39, 0.29) is 11.3 Å². The molecule has 0 aliphatic rings. The highest BCUT2D eigenvalue weighted by Crippen LogP contribution is 2.23. The molecule has 0 saturated carbocycles. The van der Waals surface area contributed by atoms with Crippen molar-refractivity contribution in [3.05, 3.63) is 29.6 Å². The van der Waals surface area contributed by atoms with Crippen LogP contribution in [0.5, 0.6) is 0 Å². The van der Waals surface area contributed by atoms with E-state index in [2.05, 4.69) is 0 Å². The van der Waals surface area contributed by atoms with Crippen molar-refractivity contribution >= 4 is 11.7 Å². The molecule has 1 aromatic rings. The summed E-state index contributed by atoms with van der Waals surface area (Å²) < 4.78 is 37.2. The van der Waals surface area contributed by atoms with Crippen LogP contribution in [0, 0.1) is 5.82 Å². The topological polar surface area (TPSA) is 55.1 Å². The summed E-state index contributed by atoms with van der Waals surface area (Å²) in [7, 11) is 0. The first-order valence-corrected chi connectivity index (χ1v) is 3.64. The van der Waals surface area contributed by atoms with Crippen LogP contribution in [0.3, 0.4) is 0 Å². The second kappa shape index (κ2) is 3.99. The Bertz CT molecular complexity index is 354. The molecule has 0 radical (unpaired) electrons. The average molecular weight is 204 g/mol. The molecule has 0 saturated heterocycles. The van der Waals surface area contributed by atoms with Gasteiger partial charge in [-0.3, -0.25) is 0 Å². The Kier molecular flexibility index (Phi) is 2.95. The Hall–Kier alpha value is -1.72. The number of benzene rings is 1. The fourth-order valence-corrected chi connectivity index (χ4v) is 0.907. The van der Waals surface area contributed by atoms with Crippen molar-refractivity contribution in [3.8, 4) is 0 Å². The summed E-state index contributed by atoms with van der Waals surface area (Å²) in [4.78, 5) is 10.4. The summed E-state index contributed by atoms with van der Waals surface area (Å²) >= 11 is 0. The zero-order chi connectivity index (χ0) is 10.7. The van der Waals surface area contributed by atoms with Gasteiger partial charge >= 0.3 is 6.03 Å². The summed E-state index contributed by atoms with van der Waals surface area (Å²) in [6, 6.07) is 1.61. The van der Waals surface area contributed by atoms with Crippen molar-refractivity contribution < 1.29 is 18.0 Å². The third-order valence-electron chi connectivity index (χ3n) is 1.50. The second-order valence-corrected chi connectivity index (χ2v) is 2.53. The molecular formula is C8H7F3N2O. The fraction of sp³-hybridized carbons (Fsp3) is 0.125. The number of hydrogen-bond acceptors (Lipinski definition) is 1. The van der Waals surface area contributed by atoms with Gasteiger partial charge in [0.1, 0.15) is 5.82 Å². The number of amides is 2. The summed E-state index contributed by atoms with van der Waals surface area (Å²) in [5.41, 5.74) is 3.98. The Morgan fingerprint density at radius 3 is 2.57 bits per heavy atom. The van der Waals surface area contributed by atoms with Crippen LogP contribution in [-0.4, -0.2) is 6.03 Å². The van der Waals surface area contributed by atoms with Crippen molar-refractivity contribution in [2.24, 2.45) is 5.73 Å². The average Bonchev–Trinajstić information content (AvgIpc) is 2.07. The minimum absolute atomic E-state index is 0.352. The highest BCUT2D eigenvalue weighted by Gasteiger charge is 2.11. The lowest BCUT2D eigenvalue weighted by atomic mass is 10.2. The van der Waals surface area contributed by atoms with Crippen LogP contribution in [0.2, 0.25) is 0 Å². The molecule has 0 atom stereocenters. The smallest absolute Gasteiger partial charge is 0.316 e. The van der Waals surface area contributed by atoms with Gasteiger partial charge in [-0.1, -0.05) is 6.07 Å². The Labute approximate surface area is 77.7 Å². The minimum atomic E-state index is -2.72. The monoisotopic (exact) mass is 204 g/mol. The maximum absolute atomic E-state index is 12.9. The van der Waals surface area contributed by atoms with E-state index in [9.17, 15) is 18.0 Å². The first kappa shape index (κ1) is 10.4. The minimum Gasteiger partial charge on any atom is -0.351 e. The van der Waals surface area contributed by atoms with Crippen molar-refractivity contribution in [3.63, 3.8) is 0 Å². The molecule has 14 heavy (non-hydrogen) atoms. The number of hydrogen-bond donors (Lipinski definition) is 2. The van der Waals surface area contributed by atoms with Gasteiger partial charge in [0.15, 0.2) is 0 Å². The van der Waals surface area contributed by atoms with Crippen LogP contribution in [0.15, 0.2) is 18.2 Å². The van der Waals surface area contributed by atoms with Crippen LogP contribution in [0.4, 0.5) is 23.7 Å². The molecule has 0 aliphatic carbocycles. The lowest BCUT2D eigenvalue weighted by Gasteiger charge is -2.05. The molecule has 0 heterocycles. The van der Waals surface area contributed by atoms with E-state index in [0.717, 1.165) is 18.2 Å². The van der Waals surface area contributed by atoms with Crippen LogP contribution >= 0.6 is 0 Å². The van der Waals surface area contributed by atoms with Crippen LogP contribution in [0.1, 0.15) is 12.0 Å². The predicted molar refractivity (Wildman–Crippen MR) is 44.6 cm³/mol. The van der Waals surface area contributed by atoms with Gasteiger partial charge in [-0.15, -0.1) is 0 Å². The van der Waals surface area contributed by atoms with Crippen molar-refractivity contribution in [1.82, 2.24) is 0 Å². The van der Waals surface area contributed by atoms with Crippen molar-refractivity contribution in [1.29, 1.82) is 0 Å². The number of carbonyl (C=O) groups is 1. The van der Waals surface area contributed by atoms with Crippen LogP contribution in [-0.2, 0) is 0 Å². The summed E-state index contributed by atoms with van der Waals surface area (Å²) in [6.07, 6.45) is -2.72. The molecule has 0 aromatic heterocycles. The van der Waals surface area contributed by atoms with Gasteiger partial charge < -0.3 is 11.1 Å². The van der Waals surface area contributed by atoms with Gasteiger partial charge in [0.25, 0.3) is 6.43 Å². The van der Waals surface area contributed by atoms with Gasteiger partial charge in [0.2, 0.25) is 0 Å². The summed E-state index contributed by atoms with van der Waals surface area (Å²) in [5, 5.41) is 1.90. The number of carbonyl (C=O) groups excluding carboxylic acids is 1. The largest absolute Gasteiger partial charge is 0.351 e. The highest BCUT2D eigenvalue weighted by molar-refractivity contribution is 5.88. The third kappa shape index (κ3) is 2.38. The van der Waals surface area contributed by atoms with E-state index >= 15 is 0 Å². The molecule has 0 aliphatic heterocycles. The van der Waals surface area contributed by atoms with E-state index in [4.69, 9.17) is 5.73 Å². The first-order chi connectivity index (χ1) is 6.50. The Balaban J connectivity index is 3.02. The lowest BCUT2D eigenvalue weighted by Crippen LogP contribution is -2.20. The quantitative estimate of drug-likeness (QED) is 0.762. The second-order valence-electron chi connectivity index (χ2n) is 2.53. The van der Waals surface area contributed by atoms with Crippen molar-refractivity contribution in [2.45, 2.75) is 6.43 Å². The van der Waals surface area contributed by atoms with Gasteiger partial charge in [-0.05, 0) is 12.1 Å². The number of rotatable bonds is 2. The molecule has 0 unspecified atom stereocenters. The molecule has 76 valence electrons. The standard InChI is InChI=1S/C8H7F3N2O/c9-5-2-1-4(7(10)11)3-6(5)13-8(12)14/h1-3,7H,(H3,12,13,14). The van der Waals surface area contributed by atoms with Gasteiger partial charge in [0, 0.05) is 5.56 Å². The van der Waals surface area contributed by atoms with Gasteiger partial charge in [-0.2, -0.15) is 0 Å². The van der Waals surface area contributed by atoms with E-state index in [1.165, 1.54) is 0 Å². The Morgan fingerprint density at radius 2 is 2.07 bits per heavy atom. The lowest BCUT2D eigenvalue weighted by molar-refractivity contribution is 0.151. The van der Waals surface area contributed by atoms with E-state index in [1.807, 2.05) is 5.32 Å². The normalized spacial score (nSPS) is 10.3. The molecule has 2 amide bonds. The molecule has 0 bridgehead atoms. The molecule has 0 spiro atoms. The molecule has 3 N–H and O–H groups in total. The van der Waals surface area contributed by atoms with E-state index in [1.54, 1.807) is 0 Å². The molecular weight excluding hydrogens is 197 g/mol. The fourth-order valence-electron chi connectivity index (χ4n) is 0.907. The third-order valence-corrected chi connectivity index (χ3v) is 1.50. The maximum atomic E-state index is 12.9. The van der Waals surface area contributed by atoms with Gasteiger partial charge in [-0.25, -0.2) is 18.0 Å². The van der Waals surface area contributed by atoms with Crippen LogP contribution < -0.4 is 11.1 Å². The number of nitrogens with one attached hydrogen (secondary N) is 1. The number of urea groups is 1. The van der Waals surface area contributed by atoms with Crippen molar-refractivity contribution in [2.75, 3.05) is 5.32 Å². The zero-order valence-electron chi connectivity index (χ0n) is 6.93. The summed E-state index contributed by atoms with van der Waals surface area (Å²) in [6.45, 7) is 0. The highest BCUT2D eigenvalue weighted by atomic mass is 19.3. The number of primary amides is 1. The molecule has 1 aromatic carbocycles. The SMILES string of the molecule is NC(=O)Nc1cc(C(F)F)ccc1F. The zero-order valence-corrected chi connectivity index (χ0v) is 6.93.